The normalized spacial score (nSPS) is 21.9. The molecule has 0 aromatic heterocycles. The maximum Gasteiger partial charge on any atom is 0.0402 e. The van der Waals surface area contributed by atoms with Gasteiger partial charge < -0.3 is 9.99 Å². The number of halogens is 1. The number of rotatable bonds is 4. The molecule has 2 rings (SSSR count). The van der Waals surface area contributed by atoms with E-state index in [1.807, 2.05) is 0 Å². The van der Waals surface area contributed by atoms with Crippen molar-refractivity contribution in [2.45, 2.75) is 26.2 Å². The third-order valence-electron chi connectivity index (χ3n) is 3.89. The molecule has 20 heavy (non-hydrogen) atoms. The van der Waals surface area contributed by atoms with Crippen molar-refractivity contribution < 1.29 is 0 Å². The molecule has 1 saturated heterocycles. The lowest BCUT2D eigenvalue weighted by Gasteiger charge is -2.26. The molecule has 4 heteroatoms. The lowest BCUT2D eigenvalue weighted by molar-refractivity contribution is 0.416. The minimum atomic E-state index is 0.746. The Bertz CT molecular complexity index is 445. The molecular weight excluding hydrogens is 331 g/mol. The van der Waals surface area contributed by atoms with Crippen LogP contribution in [0.5, 0.6) is 0 Å². The van der Waals surface area contributed by atoms with Gasteiger partial charge in [0.05, 0.1) is 0 Å². The fourth-order valence-electron chi connectivity index (χ4n) is 2.63. The molecule has 1 atom stereocenters. The van der Waals surface area contributed by atoms with Gasteiger partial charge >= 0.3 is 0 Å². The molecule has 0 radical (unpaired) electrons. The maximum atomic E-state index is 3.55. The molecule has 1 unspecified atom stereocenters. The van der Waals surface area contributed by atoms with E-state index in [1.54, 1.807) is 0 Å². The molecule has 0 bridgehead atoms. The SMILES string of the molecule is CPN(/C=C(\C)C1CCNCC1)C1=CCC=C(Br)C=C1. The van der Waals surface area contributed by atoms with Gasteiger partial charge in [-0.3, -0.25) is 0 Å². The van der Waals surface area contributed by atoms with Crippen molar-refractivity contribution in [2.24, 2.45) is 5.92 Å². The van der Waals surface area contributed by atoms with E-state index in [4.69, 9.17) is 0 Å². The van der Waals surface area contributed by atoms with E-state index < -0.39 is 0 Å². The molecule has 1 aliphatic heterocycles. The summed E-state index contributed by atoms with van der Waals surface area (Å²) >= 11 is 3.55. The Hall–Kier alpha value is -0.370. The highest BCUT2D eigenvalue weighted by atomic mass is 79.9. The van der Waals surface area contributed by atoms with Crippen molar-refractivity contribution in [3.05, 3.63) is 46.3 Å². The van der Waals surface area contributed by atoms with E-state index >= 15 is 0 Å². The Balaban J connectivity index is 2.08. The van der Waals surface area contributed by atoms with Crippen LogP contribution < -0.4 is 5.32 Å². The molecule has 0 amide bonds. The minimum absolute atomic E-state index is 0.746. The van der Waals surface area contributed by atoms with E-state index in [9.17, 15) is 0 Å². The van der Waals surface area contributed by atoms with E-state index in [-0.39, 0.29) is 0 Å². The van der Waals surface area contributed by atoms with E-state index in [2.05, 4.69) is 70.0 Å². The third-order valence-corrected chi connectivity index (χ3v) is 5.35. The van der Waals surface area contributed by atoms with Crippen molar-refractivity contribution in [3.63, 3.8) is 0 Å². The smallest absolute Gasteiger partial charge is 0.0402 e. The van der Waals surface area contributed by atoms with Gasteiger partial charge in [-0.15, -0.1) is 0 Å². The summed E-state index contributed by atoms with van der Waals surface area (Å²) in [5.74, 6) is 0.746. The van der Waals surface area contributed by atoms with Gasteiger partial charge in [-0.05, 0) is 72.7 Å². The average molecular weight is 355 g/mol. The summed E-state index contributed by atoms with van der Waals surface area (Å²) in [6.07, 6.45) is 14.7. The summed E-state index contributed by atoms with van der Waals surface area (Å²) in [5, 5.41) is 3.44. The topological polar surface area (TPSA) is 15.3 Å². The van der Waals surface area contributed by atoms with Gasteiger partial charge in [0.25, 0.3) is 0 Å². The highest BCUT2D eigenvalue weighted by Gasteiger charge is 2.15. The molecule has 0 aromatic rings. The molecule has 0 saturated carbocycles. The Morgan fingerprint density at radius 3 is 2.80 bits per heavy atom. The summed E-state index contributed by atoms with van der Waals surface area (Å²) in [7, 11) is 0.759. The molecule has 1 heterocycles. The Morgan fingerprint density at radius 1 is 1.35 bits per heavy atom. The predicted molar refractivity (Wildman–Crippen MR) is 94.3 cm³/mol. The minimum Gasteiger partial charge on any atom is -0.330 e. The van der Waals surface area contributed by atoms with Gasteiger partial charge in [-0.25, -0.2) is 0 Å². The van der Waals surface area contributed by atoms with Crippen LogP contribution in [0.4, 0.5) is 0 Å². The number of allylic oxidation sites excluding steroid dienone is 6. The quantitative estimate of drug-likeness (QED) is 0.745. The van der Waals surface area contributed by atoms with Gasteiger partial charge in [0.1, 0.15) is 0 Å². The molecule has 0 spiro atoms. The molecule has 1 fully saturated rings. The van der Waals surface area contributed by atoms with Gasteiger partial charge in [0.2, 0.25) is 0 Å². The molecule has 1 aliphatic carbocycles. The van der Waals surface area contributed by atoms with Crippen LogP contribution in [0.15, 0.2) is 46.3 Å². The largest absolute Gasteiger partial charge is 0.330 e. The van der Waals surface area contributed by atoms with Gasteiger partial charge in [0, 0.05) is 16.4 Å². The summed E-state index contributed by atoms with van der Waals surface area (Å²) in [4.78, 5) is 0. The van der Waals surface area contributed by atoms with Crippen LogP contribution >= 0.6 is 24.7 Å². The van der Waals surface area contributed by atoms with Crippen LogP contribution in [0, 0.1) is 5.92 Å². The number of nitrogens with zero attached hydrogens (tertiary/aromatic N) is 1. The zero-order valence-electron chi connectivity index (χ0n) is 12.3. The number of hydrogen-bond acceptors (Lipinski definition) is 2. The van der Waals surface area contributed by atoms with E-state index in [0.717, 1.165) is 34.2 Å². The van der Waals surface area contributed by atoms with Crippen molar-refractivity contribution in [2.75, 3.05) is 19.8 Å². The zero-order chi connectivity index (χ0) is 14.4. The summed E-state index contributed by atoms with van der Waals surface area (Å²) in [5.41, 5.74) is 2.83. The summed E-state index contributed by atoms with van der Waals surface area (Å²) in [6.45, 7) is 6.85. The van der Waals surface area contributed by atoms with E-state index in [1.165, 1.54) is 28.6 Å². The first-order chi connectivity index (χ1) is 9.70. The second-order valence-electron chi connectivity index (χ2n) is 5.28. The second-order valence-corrected chi connectivity index (χ2v) is 7.12. The van der Waals surface area contributed by atoms with Crippen molar-refractivity contribution in [3.8, 4) is 0 Å². The molecule has 0 aromatic carbocycles. The monoisotopic (exact) mass is 354 g/mol. The van der Waals surface area contributed by atoms with Crippen molar-refractivity contribution in [1.29, 1.82) is 0 Å². The first kappa shape index (κ1) is 16.0. The molecular formula is C16H24BrN2P. The van der Waals surface area contributed by atoms with Crippen LogP contribution in [0.2, 0.25) is 0 Å². The van der Waals surface area contributed by atoms with Crippen LogP contribution in [0.3, 0.4) is 0 Å². The number of hydrogen-bond donors (Lipinski definition) is 1. The Morgan fingerprint density at radius 2 is 2.10 bits per heavy atom. The van der Waals surface area contributed by atoms with Crippen LogP contribution in [-0.2, 0) is 0 Å². The first-order valence-corrected chi connectivity index (χ1v) is 9.54. The Kier molecular flexibility index (Phi) is 6.54. The zero-order valence-corrected chi connectivity index (χ0v) is 14.9. The molecule has 2 aliphatic rings. The van der Waals surface area contributed by atoms with Crippen LogP contribution in [0.1, 0.15) is 26.2 Å². The van der Waals surface area contributed by atoms with Crippen molar-refractivity contribution >= 4 is 24.7 Å². The van der Waals surface area contributed by atoms with Crippen molar-refractivity contribution in [1.82, 2.24) is 9.99 Å². The fraction of sp³-hybridized carbons (Fsp3) is 0.500. The highest BCUT2D eigenvalue weighted by molar-refractivity contribution is 9.11. The van der Waals surface area contributed by atoms with Crippen LogP contribution in [0.25, 0.3) is 0 Å². The van der Waals surface area contributed by atoms with Crippen LogP contribution in [-0.4, -0.2) is 24.4 Å². The number of piperidine rings is 1. The summed E-state index contributed by atoms with van der Waals surface area (Å²) in [6, 6.07) is 0. The van der Waals surface area contributed by atoms with E-state index in [0.29, 0.717) is 0 Å². The summed E-state index contributed by atoms with van der Waals surface area (Å²) < 4.78 is 3.56. The Labute approximate surface area is 133 Å². The third kappa shape index (κ3) is 4.58. The van der Waals surface area contributed by atoms with Gasteiger partial charge in [-0.2, -0.15) is 0 Å². The average Bonchev–Trinajstić information content (AvgIpc) is 2.70. The molecule has 110 valence electrons. The van der Waals surface area contributed by atoms with Gasteiger partial charge in [0.15, 0.2) is 0 Å². The second kappa shape index (κ2) is 8.17. The lowest BCUT2D eigenvalue weighted by Crippen LogP contribution is -2.28. The highest BCUT2D eigenvalue weighted by Crippen LogP contribution is 2.29. The van der Waals surface area contributed by atoms with Gasteiger partial charge in [-0.1, -0.05) is 33.7 Å². The lowest BCUT2D eigenvalue weighted by atomic mass is 9.91. The first-order valence-electron chi connectivity index (χ1n) is 7.30. The molecule has 1 N–H and O–H groups in total. The predicted octanol–water partition coefficient (Wildman–Crippen LogP) is 4.54. The molecule has 2 nitrogen and oxygen atoms in total. The maximum absolute atomic E-state index is 3.55. The standard InChI is InChI=1S/C16H24BrN2P/c1-13(14-8-10-18-11-9-14)12-19(20-2)16-5-3-4-15(17)6-7-16/h4-7,12,14,18,20H,3,8-11H2,1-2H3/b13-12+. The fourth-order valence-corrected chi connectivity index (χ4v) is 3.70. The number of nitrogens with one attached hydrogen (secondary N) is 1.